The number of nitrogens with zero attached hydrogens (tertiary/aromatic N) is 3. The highest BCUT2D eigenvalue weighted by molar-refractivity contribution is 5.79. The summed E-state index contributed by atoms with van der Waals surface area (Å²) in [6.07, 6.45) is 8.47. The number of nitrogen functional groups attached to an aromatic ring is 1. The second-order valence-corrected chi connectivity index (χ2v) is 7.45. The Morgan fingerprint density at radius 2 is 1.68 bits per heavy atom. The van der Waals surface area contributed by atoms with E-state index in [1.807, 2.05) is 55.0 Å². The van der Waals surface area contributed by atoms with E-state index in [0.29, 0.717) is 29.9 Å². The smallest absolute Gasteiger partial charge is 0.159 e. The second kappa shape index (κ2) is 7.99. The average Bonchev–Trinajstić information content (AvgIpc) is 3.20. The van der Waals surface area contributed by atoms with Crippen molar-refractivity contribution < 1.29 is 4.39 Å². The van der Waals surface area contributed by atoms with E-state index >= 15 is 0 Å². The van der Waals surface area contributed by atoms with Gasteiger partial charge in [-0.25, -0.2) is 19.3 Å². The molecule has 0 saturated carbocycles. The van der Waals surface area contributed by atoms with Gasteiger partial charge < -0.3 is 10.7 Å². The van der Waals surface area contributed by atoms with Crippen LogP contribution in [-0.2, 0) is 12.8 Å². The highest BCUT2D eigenvalue weighted by Crippen LogP contribution is 2.28. The molecule has 5 nitrogen and oxygen atoms in total. The Kier molecular flexibility index (Phi) is 4.88. The summed E-state index contributed by atoms with van der Waals surface area (Å²) in [6.45, 7) is 0. The monoisotopic (exact) mass is 409 g/mol. The van der Waals surface area contributed by atoms with Crippen LogP contribution in [0.5, 0.6) is 0 Å². The molecule has 152 valence electrons. The normalized spacial score (nSPS) is 11.1. The number of hydrogen-bond donors (Lipinski definition) is 2. The van der Waals surface area contributed by atoms with Gasteiger partial charge in [-0.3, -0.25) is 0 Å². The number of pyridine rings is 1. The molecule has 0 aliphatic heterocycles. The molecule has 5 rings (SSSR count). The molecule has 6 heteroatoms. The van der Waals surface area contributed by atoms with Crippen molar-refractivity contribution in [2.45, 2.75) is 12.8 Å². The summed E-state index contributed by atoms with van der Waals surface area (Å²) in [5, 5.41) is 1.09. The third kappa shape index (κ3) is 3.75. The van der Waals surface area contributed by atoms with Gasteiger partial charge >= 0.3 is 0 Å². The quantitative estimate of drug-likeness (QED) is 0.404. The van der Waals surface area contributed by atoms with Crippen molar-refractivity contribution in [2.75, 3.05) is 5.73 Å². The van der Waals surface area contributed by atoms with Crippen LogP contribution in [0.2, 0.25) is 0 Å². The molecule has 0 atom stereocenters. The van der Waals surface area contributed by atoms with Crippen molar-refractivity contribution in [1.82, 2.24) is 19.9 Å². The van der Waals surface area contributed by atoms with E-state index in [1.165, 1.54) is 6.07 Å². The number of fused-ring (bicyclic) bond motifs is 1. The molecule has 0 saturated heterocycles. The van der Waals surface area contributed by atoms with Crippen LogP contribution in [0.4, 0.5) is 10.1 Å². The predicted octanol–water partition coefficient (Wildman–Crippen LogP) is 4.92. The van der Waals surface area contributed by atoms with Crippen molar-refractivity contribution >= 4 is 16.7 Å². The summed E-state index contributed by atoms with van der Waals surface area (Å²) in [5.74, 6) is 0.323. The molecule has 0 radical (unpaired) electrons. The Morgan fingerprint density at radius 1 is 0.839 bits per heavy atom. The van der Waals surface area contributed by atoms with Crippen LogP contribution in [0.25, 0.3) is 22.4 Å². The maximum Gasteiger partial charge on any atom is 0.159 e. The van der Waals surface area contributed by atoms with E-state index in [9.17, 15) is 4.39 Å². The first-order valence-electron chi connectivity index (χ1n) is 10.0. The lowest BCUT2D eigenvalue weighted by Gasteiger charge is -2.12. The minimum atomic E-state index is -0.249. The van der Waals surface area contributed by atoms with Crippen molar-refractivity contribution in [3.05, 3.63) is 107 Å². The van der Waals surface area contributed by atoms with E-state index in [0.717, 1.165) is 33.3 Å². The van der Waals surface area contributed by atoms with Gasteiger partial charge in [0.2, 0.25) is 0 Å². The fourth-order valence-corrected chi connectivity index (χ4v) is 3.81. The van der Waals surface area contributed by atoms with E-state index in [1.54, 1.807) is 18.3 Å². The summed E-state index contributed by atoms with van der Waals surface area (Å²) in [6, 6.07) is 16.3. The molecule has 3 N–H and O–H groups in total. The van der Waals surface area contributed by atoms with Gasteiger partial charge in [0.25, 0.3) is 0 Å². The van der Waals surface area contributed by atoms with Crippen molar-refractivity contribution in [2.24, 2.45) is 0 Å². The zero-order chi connectivity index (χ0) is 21.2. The average molecular weight is 409 g/mol. The minimum Gasteiger partial charge on any atom is -0.398 e. The molecule has 0 aliphatic carbocycles. The van der Waals surface area contributed by atoms with Crippen LogP contribution in [0.15, 0.2) is 79.4 Å². The number of H-pyrrole nitrogens is 1. The minimum absolute atomic E-state index is 0.249. The first-order chi connectivity index (χ1) is 15.2. The van der Waals surface area contributed by atoms with Crippen LogP contribution in [0.3, 0.4) is 0 Å². The standard InChI is InChI=1S/C25H20FN5/c26-22-8-2-1-5-17(22)12-21-20(6-3-9-23(21)27)25-29-13-16(14-30-25)11-18-15-31-24-19(18)7-4-10-28-24/h1-10,13-15H,11-12,27H2,(H,28,31). The van der Waals surface area contributed by atoms with Gasteiger partial charge in [-0.15, -0.1) is 0 Å². The molecule has 31 heavy (non-hydrogen) atoms. The lowest BCUT2D eigenvalue weighted by Crippen LogP contribution is -2.02. The van der Waals surface area contributed by atoms with Crippen LogP contribution in [0, 0.1) is 5.82 Å². The maximum absolute atomic E-state index is 14.2. The zero-order valence-corrected chi connectivity index (χ0v) is 16.7. The molecule has 2 aromatic carbocycles. The molecule has 0 amide bonds. The largest absolute Gasteiger partial charge is 0.398 e. The van der Waals surface area contributed by atoms with Crippen molar-refractivity contribution in [3.8, 4) is 11.4 Å². The molecular weight excluding hydrogens is 389 g/mol. The Bertz CT molecular complexity index is 1360. The number of aromatic nitrogens is 4. The fourth-order valence-electron chi connectivity index (χ4n) is 3.81. The molecule has 0 bridgehead atoms. The predicted molar refractivity (Wildman–Crippen MR) is 120 cm³/mol. The van der Waals surface area contributed by atoms with Gasteiger partial charge in [0, 0.05) is 54.3 Å². The summed E-state index contributed by atoms with van der Waals surface area (Å²) < 4.78 is 14.2. The number of aromatic amines is 1. The van der Waals surface area contributed by atoms with E-state index in [4.69, 9.17) is 5.73 Å². The maximum atomic E-state index is 14.2. The van der Waals surface area contributed by atoms with Crippen LogP contribution in [-0.4, -0.2) is 19.9 Å². The Labute approximate surface area is 178 Å². The molecule has 5 aromatic rings. The molecule has 0 aliphatic rings. The zero-order valence-electron chi connectivity index (χ0n) is 16.7. The Hall–Kier alpha value is -4.06. The number of nitrogens with one attached hydrogen (secondary N) is 1. The lowest BCUT2D eigenvalue weighted by atomic mass is 9.97. The number of anilines is 1. The van der Waals surface area contributed by atoms with Gasteiger partial charge in [-0.2, -0.15) is 0 Å². The van der Waals surface area contributed by atoms with Gasteiger partial charge in [0.1, 0.15) is 11.5 Å². The topological polar surface area (TPSA) is 80.5 Å². The Morgan fingerprint density at radius 3 is 2.52 bits per heavy atom. The highest BCUT2D eigenvalue weighted by atomic mass is 19.1. The lowest BCUT2D eigenvalue weighted by molar-refractivity contribution is 0.614. The van der Waals surface area contributed by atoms with Gasteiger partial charge in [0.15, 0.2) is 5.82 Å². The number of nitrogens with two attached hydrogens (primary N) is 1. The molecule has 3 aromatic heterocycles. The van der Waals surface area contributed by atoms with Crippen LogP contribution >= 0.6 is 0 Å². The molecule has 3 heterocycles. The third-order valence-electron chi connectivity index (χ3n) is 5.41. The first-order valence-corrected chi connectivity index (χ1v) is 10.0. The molecule has 0 spiro atoms. The second-order valence-electron chi connectivity index (χ2n) is 7.45. The SMILES string of the molecule is Nc1cccc(-c2ncc(Cc3c[nH]c4ncccc34)cn2)c1Cc1ccccc1F. The summed E-state index contributed by atoms with van der Waals surface area (Å²) in [5.41, 5.74) is 12.1. The van der Waals surface area contributed by atoms with Crippen molar-refractivity contribution in [3.63, 3.8) is 0 Å². The number of benzene rings is 2. The van der Waals surface area contributed by atoms with E-state index in [2.05, 4.69) is 19.9 Å². The highest BCUT2D eigenvalue weighted by Gasteiger charge is 2.14. The van der Waals surface area contributed by atoms with Crippen molar-refractivity contribution in [1.29, 1.82) is 0 Å². The Balaban J connectivity index is 1.45. The van der Waals surface area contributed by atoms with E-state index in [-0.39, 0.29) is 5.82 Å². The first kappa shape index (κ1) is 18.9. The van der Waals surface area contributed by atoms with Crippen LogP contribution in [0.1, 0.15) is 22.3 Å². The summed E-state index contributed by atoms with van der Waals surface area (Å²) in [4.78, 5) is 16.7. The van der Waals surface area contributed by atoms with E-state index < -0.39 is 0 Å². The number of rotatable bonds is 5. The van der Waals surface area contributed by atoms with Gasteiger partial charge in [-0.1, -0.05) is 30.3 Å². The molecule has 0 fully saturated rings. The summed E-state index contributed by atoms with van der Waals surface area (Å²) in [7, 11) is 0. The van der Waals surface area contributed by atoms with Crippen LogP contribution < -0.4 is 5.73 Å². The fraction of sp³-hybridized carbons (Fsp3) is 0.0800. The number of hydrogen-bond acceptors (Lipinski definition) is 4. The summed E-state index contributed by atoms with van der Waals surface area (Å²) >= 11 is 0. The van der Waals surface area contributed by atoms with Gasteiger partial charge in [-0.05, 0) is 46.5 Å². The molecule has 0 unspecified atom stereocenters. The number of halogens is 1. The molecular formula is C25H20FN5. The third-order valence-corrected chi connectivity index (χ3v) is 5.41. The van der Waals surface area contributed by atoms with Gasteiger partial charge in [0.05, 0.1) is 0 Å².